The van der Waals surface area contributed by atoms with Crippen LogP contribution in [0.2, 0.25) is 5.02 Å². The Morgan fingerprint density at radius 1 is 0.963 bits per heavy atom. The second kappa shape index (κ2) is 7.64. The number of hydrazone groups is 1. The van der Waals surface area contributed by atoms with Gasteiger partial charge in [0.1, 0.15) is 0 Å². The van der Waals surface area contributed by atoms with Crippen LogP contribution in [0.5, 0.6) is 0 Å². The Bertz CT molecular complexity index is 991. The van der Waals surface area contributed by atoms with E-state index in [1.807, 2.05) is 36.4 Å². The van der Waals surface area contributed by atoms with Crippen molar-refractivity contribution in [3.05, 3.63) is 100 Å². The molecule has 1 heterocycles. The summed E-state index contributed by atoms with van der Waals surface area (Å²) < 4.78 is 0. The lowest BCUT2D eigenvalue weighted by molar-refractivity contribution is 0.0955. The molecule has 134 valence electrons. The van der Waals surface area contributed by atoms with Crippen molar-refractivity contribution >= 4 is 29.4 Å². The average molecular weight is 376 g/mol. The van der Waals surface area contributed by atoms with E-state index in [2.05, 4.69) is 39.7 Å². The second-order valence-corrected chi connectivity index (χ2v) is 6.80. The van der Waals surface area contributed by atoms with Crippen molar-refractivity contribution in [2.75, 3.05) is 4.90 Å². The van der Waals surface area contributed by atoms with Gasteiger partial charge in [-0.2, -0.15) is 5.10 Å². The summed E-state index contributed by atoms with van der Waals surface area (Å²) in [4.78, 5) is 14.7. The van der Waals surface area contributed by atoms with Crippen LogP contribution in [0.25, 0.3) is 0 Å². The highest BCUT2D eigenvalue weighted by Gasteiger charge is 2.19. The molecule has 27 heavy (non-hydrogen) atoms. The van der Waals surface area contributed by atoms with E-state index in [-0.39, 0.29) is 5.91 Å². The van der Waals surface area contributed by atoms with E-state index >= 15 is 0 Å². The zero-order valence-electron chi connectivity index (χ0n) is 14.6. The fourth-order valence-electron chi connectivity index (χ4n) is 3.16. The lowest BCUT2D eigenvalue weighted by atomic mass is 10.1. The molecular weight excluding hydrogens is 358 g/mol. The third-order valence-electron chi connectivity index (χ3n) is 4.59. The molecule has 1 N–H and O–H groups in total. The van der Waals surface area contributed by atoms with Crippen LogP contribution in [0.3, 0.4) is 0 Å². The number of fused-ring (bicyclic) bond motifs is 1. The van der Waals surface area contributed by atoms with Crippen LogP contribution in [0.4, 0.5) is 5.69 Å². The van der Waals surface area contributed by atoms with E-state index < -0.39 is 0 Å². The van der Waals surface area contributed by atoms with Gasteiger partial charge in [-0.3, -0.25) is 4.79 Å². The van der Waals surface area contributed by atoms with Crippen molar-refractivity contribution in [1.82, 2.24) is 5.43 Å². The zero-order chi connectivity index (χ0) is 18.6. The molecule has 0 unspecified atom stereocenters. The van der Waals surface area contributed by atoms with Crippen LogP contribution in [-0.4, -0.2) is 12.1 Å². The maximum Gasteiger partial charge on any atom is 0.271 e. The molecule has 1 amide bonds. The molecular formula is C22H18ClN3O. The molecule has 4 rings (SSSR count). The van der Waals surface area contributed by atoms with Gasteiger partial charge in [-0.15, -0.1) is 0 Å². The zero-order valence-corrected chi connectivity index (χ0v) is 15.4. The quantitative estimate of drug-likeness (QED) is 0.534. The normalized spacial score (nSPS) is 13.0. The summed E-state index contributed by atoms with van der Waals surface area (Å²) in [6.07, 6.45) is 1.54. The van der Waals surface area contributed by atoms with Crippen LogP contribution in [-0.2, 0) is 13.1 Å². The highest BCUT2D eigenvalue weighted by molar-refractivity contribution is 6.33. The van der Waals surface area contributed by atoms with E-state index in [0.29, 0.717) is 10.6 Å². The number of anilines is 1. The third-order valence-corrected chi connectivity index (χ3v) is 4.93. The predicted octanol–water partition coefficient (Wildman–Crippen LogP) is 4.62. The lowest BCUT2D eigenvalue weighted by Gasteiger charge is -2.18. The molecule has 0 bridgehead atoms. The number of carbonyl (C=O) groups excluding carboxylic acids is 1. The number of halogens is 1. The van der Waals surface area contributed by atoms with Gasteiger partial charge in [-0.25, -0.2) is 5.43 Å². The van der Waals surface area contributed by atoms with Crippen LogP contribution >= 0.6 is 11.6 Å². The molecule has 3 aromatic carbocycles. The SMILES string of the molecule is O=C(N/N=C\c1ccccc1Cl)c1cccc(N2Cc3ccccc3C2)c1. The first kappa shape index (κ1) is 17.3. The molecule has 0 radical (unpaired) electrons. The Morgan fingerprint density at radius 2 is 1.67 bits per heavy atom. The highest BCUT2D eigenvalue weighted by Crippen LogP contribution is 2.28. The minimum Gasteiger partial charge on any atom is -0.363 e. The van der Waals surface area contributed by atoms with Gasteiger partial charge < -0.3 is 4.90 Å². The van der Waals surface area contributed by atoms with Gasteiger partial charge in [-0.1, -0.05) is 60.1 Å². The third kappa shape index (κ3) is 3.86. The van der Waals surface area contributed by atoms with E-state index in [0.717, 1.165) is 24.3 Å². The first-order chi connectivity index (χ1) is 13.2. The lowest BCUT2D eigenvalue weighted by Crippen LogP contribution is -2.19. The van der Waals surface area contributed by atoms with E-state index in [1.165, 1.54) is 11.1 Å². The molecule has 0 spiro atoms. The molecule has 0 aliphatic carbocycles. The monoisotopic (exact) mass is 375 g/mol. The molecule has 1 aliphatic rings. The minimum atomic E-state index is -0.253. The topological polar surface area (TPSA) is 44.7 Å². The summed E-state index contributed by atoms with van der Waals surface area (Å²) in [5.41, 5.74) is 7.57. The van der Waals surface area contributed by atoms with Crippen molar-refractivity contribution in [3.63, 3.8) is 0 Å². The standard InChI is InChI=1S/C22H18ClN3O/c23-21-11-4-3-6-17(21)13-24-25-22(27)16-9-5-10-20(12-16)26-14-18-7-1-2-8-19(18)15-26/h1-13H,14-15H2,(H,25,27)/b24-13-. The smallest absolute Gasteiger partial charge is 0.271 e. The fourth-order valence-corrected chi connectivity index (χ4v) is 3.35. The maximum atomic E-state index is 12.4. The summed E-state index contributed by atoms with van der Waals surface area (Å²) >= 11 is 6.08. The van der Waals surface area contributed by atoms with Crippen molar-refractivity contribution in [2.45, 2.75) is 13.1 Å². The summed E-state index contributed by atoms with van der Waals surface area (Å²) in [5.74, 6) is -0.253. The van der Waals surface area contributed by atoms with Gasteiger partial charge in [0.05, 0.1) is 6.21 Å². The molecule has 0 atom stereocenters. The number of hydrogen-bond acceptors (Lipinski definition) is 3. The van der Waals surface area contributed by atoms with Gasteiger partial charge >= 0.3 is 0 Å². The highest BCUT2D eigenvalue weighted by atomic mass is 35.5. The van der Waals surface area contributed by atoms with Crippen LogP contribution in [0.15, 0.2) is 77.9 Å². The van der Waals surface area contributed by atoms with Gasteiger partial charge in [0, 0.05) is 34.9 Å². The van der Waals surface area contributed by atoms with Gasteiger partial charge in [0.25, 0.3) is 5.91 Å². The van der Waals surface area contributed by atoms with Crippen molar-refractivity contribution in [1.29, 1.82) is 0 Å². The van der Waals surface area contributed by atoms with Crippen LogP contribution in [0.1, 0.15) is 27.0 Å². The number of hydrogen-bond donors (Lipinski definition) is 1. The summed E-state index contributed by atoms with van der Waals surface area (Å²) in [6, 6.07) is 23.3. The van der Waals surface area contributed by atoms with Gasteiger partial charge in [0.2, 0.25) is 0 Å². The summed E-state index contributed by atoms with van der Waals surface area (Å²) in [6.45, 7) is 1.71. The minimum absolute atomic E-state index is 0.253. The number of nitrogens with one attached hydrogen (secondary N) is 1. The van der Waals surface area contributed by atoms with E-state index in [1.54, 1.807) is 18.3 Å². The molecule has 0 fully saturated rings. The molecule has 0 aromatic heterocycles. The molecule has 0 saturated carbocycles. The van der Waals surface area contributed by atoms with E-state index in [4.69, 9.17) is 11.6 Å². The van der Waals surface area contributed by atoms with Crippen molar-refractivity contribution < 1.29 is 4.79 Å². The molecule has 3 aromatic rings. The largest absolute Gasteiger partial charge is 0.363 e. The number of rotatable bonds is 4. The average Bonchev–Trinajstić information content (AvgIpc) is 3.14. The van der Waals surface area contributed by atoms with E-state index in [9.17, 15) is 4.79 Å². The Hall–Kier alpha value is -3.11. The number of amides is 1. The Kier molecular flexibility index (Phi) is 4.90. The Labute approximate surface area is 163 Å². The maximum absolute atomic E-state index is 12.4. The Morgan fingerprint density at radius 3 is 2.41 bits per heavy atom. The fraction of sp³-hybridized carbons (Fsp3) is 0.0909. The molecule has 4 nitrogen and oxygen atoms in total. The van der Waals surface area contributed by atoms with Crippen LogP contribution < -0.4 is 10.3 Å². The van der Waals surface area contributed by atoms with Crippen molar-refractivity contribution in [3.8, 4) is 0 Å². The molecule has 1 aliphatic heterocycles. The molecule has 5 heteroatoms. The van der Waals surface area contributed by atoms with Gasteiger partial charge in [0.15, 0.2) is 0 Å². The number of benzene rings is 3. The summed E-state index contributed by atoms with van der Waals surface area (Å²) in [5, 5.41) is 4.60. The number of nitrogens with zero attached hydrogens (tertiary/aromatic N) is 2. The summed E-state index contributed by atoms with van der Waals surface area (Å²) in [7, 11) is 0. The van der Waals surface area contributed by atoms with Crippen LogP contribution in [0, 0.1) is 0 Å². The molecule has 0 saturated heterocycles. The number of carbonyl (C=O) groups is 1. The first-order valence-corrected chi connectivity index (χ1v) is 9.08. The van der Waals surface area contributed by atoms with Gasteiger partial charge in [-0.05, 0) is 35.4 Å². The predicted molar refractivity (Wildman–Crippen MR) is 109 cm³/mol. The van der Waals surface area contributed by atoms with Crippen molar-refractivity contribution in [2.24, 2.45) is 5.10 Å². The Balaban J connectivity index is 1.45. The first-order valence-electron chi connectivity index (χ1n) is 8.70. The second-order valence-electron chi connectivity index (χ2n) is 6.40.